The molecule has 1 N–H and O–H groups in total. The molecule has 0 aliphatic rings. The normalized spacial score (nSPS) is 11.5. The summed E-state index contributed by atoms with van der Waals surface area (Å²) in [5, 5.41) is 0. The van der Waals surface area contributed by atoms with Gasteiger partial charge in [0.15, 0.2) is 0 Å². The Bertz CT molecular complexity index is 978. The van der Waals surface area contributed by atoms with E-state index >= 15 is 0 Å². The van der Waals surface area contributed by atoms with Crippen LogP contribution in [0.4, 0.5) is 0 Å². The van der Waals surface area contributed by atoms with Gasteiger partial charge in [0.2, 0.25) is 10.0 Å². The van der Waals surface area contributed by atoms with Gasteiger partial charge in [0.25, 0.3) is 0 Å². The third kappa shape index (κ3) is 5.70. The van der Waals surface area contributed by atoms with Gasteiger partial charge in [-0.2, -0.15) is 0 Å². The summed E-state index contributed by atoms with van der Waals surface area (Å²) >= 11 is 1.72. The quantitative estimate of drug-likeness (QED) is 0.612. The van der Waals surface area contributed by atoms with Crippen molar-refractivity contribution in [3.05, 3.63) is 89.5 Å². The summed E-state index contributed by atoms with van der Waals surface area (Å²) in [5.74, 6) is 0. The average molecular weight is 398 g/mol. The monoisotopic (exact) mass is 397 g/mol. The van der Waals surface area contributed by atoms with E-state index in [4.69, 9.17) is 0 Å². The van der Waals surface area contributed by atoms with Crippen molar-refractivity contribution in [3.8, 4) is 0 Å². The molecular weight excluding hydrogens is 374 g/mol. The van der Waals surface area contributed by atoms with Crippen molar-refractivity contribution in [1.82, 2.24) is 4.72 Å². The molecule has 0 heterocycles. The first kappa shape index (κ1) is 19.7. The Morgan fingerprint density at radius 2 is 1.22 bits per heavy atom. The number of sulfonamides is 1. The van der Waals surface area contributed by atoms with Crippen LogP contribution in [0, 0.1) is 13.8 Å². The highest BCUT2D eigenvalue weighted by atomic mass is 32.2. The number of rotatable bonds is 7. The SMILES string of the molecule is Cc1ccc(Sc2ccc(CCNS(=O)(=O)c3ccc(C)cc3)cc2)cc1. The summed E-state index contributed by atoms with van der Waals surface area (Å²) < 4.78 is 27.3. The van der Waals surface area contributed by atoms with Crippen LogP contribution >= 0.6 is 11.8 Å². The highest BCUT2D eigenvalue weighted by Crippen LogP contribution is 2.27. The summed E-state index contributed by atoms with van der Waals surface area (Å²) in [7, 11) is -3.45. The molecule has 0 saturated heterocycles. The second kappa shape index (κ2) is 8.74. The van der Waals surface area contributed by atoms with Gasteiger partial charge in [-0.15, -0.1) is 0 Å². The molecule has 0 saturated carbocycles. The molecule has 0 spiro atoms. The van der Waals surface area contributed by atoms with Crippen LogP contribution < -0.4 is 4.72 Å². The van der Waals surface area contributed by atoms with Crippen LogP contribution in [0.2, 0.25) is 0 Å². The molecule has 27 heavy (non-hydrogen) atoms. The van der Waals surface area contributed by atoms with Crippen LogP contribution in [0.15, 0.2) is 87.5 Å². The first-order valence-electron chi connectivity index (χ1n) is 8.82. The third-order valence-corrected chi connectivity index (χ3v) is 6.71. The van der Waals surface area contributed by atoms with Crippen molar-refractivity contribution in [2.24, 2.45) is 0 Å². The van der Waals surface area contributed by atoms with Crippen LogP contribution in [-0.2, 0) is 16.4 Å². The minimum Gasteiger partial charge on any atom is -0.211 e. The Kier molecular flexibility index (Phi) is 6.37. The van der Waals surface area contributed by atoms with Crippen LogP contribution in [0.1, 0.15) is 16.7 Å². The Balaban J connectivity index is 1.54. The summed E-state index contributed by atoms with van der Waals surface area (Å²) in [5.41, 5.74) is 3.40. The Morgan fingerprint density at radius 1 is 0.741 bits per heavy atom. The number of aryl methyl sites for hydroxylation is 2. The largest absolute Gasteiger partial charge is 0.240 e. The van der Waals surface area contributed by atoms with Gasteiger partial charge >= 0.3 is 0 Å². The van der Waals surface area contributed by atoms with E-state index in [0.29, 0.717) is 17.9 Å². The lowest BCUT2D eigenvalue weighted by Gasteiger charge is -2.08. The van der Waals surface area contributed by atoms with Crippen molar-refractivity contribution < 1.29 is 8.42 Å². The number of hydrogen-bond acceptors (Lipinski definition) is 3. The minimum absolute atomic E-state index is 0.304. The van der Waals surface area contributed by atoms with Gasteiger partial charge in [0, 0.05) is 16.3 Å². The van der Waals surface area contributed by atoms with Crippen molar-refractivity contribution >= 4 is 21.8 Å². The molecule has 0 radical (unpaired) electrons. The van der Waals surface area contributed by atoms with Gasteiger partial charge in [0.1, 0.15) is 0 Å². The lowest BCUT2D eigenvalue weighted by molar-refractivity contribution is 0.581. The van der Waals surface area contributed by atoms with E-state index in [1.165, 1.54) is 15.4 Å². The van der Waals surface area contributed by atoms with Crippen molar-refractivity contribution in [2.75, 3.05) is 6.54 Å². The summed E-state index contributed by atoms with van der Waals surface area (Å²) in [6.45, 7) is 4.39. The van der Waals surface area contributed by atoms with Crippen molar-refractivity contribution in [2.45, 2.75) is 35.0 Å². The highest BCUT2D eigenvalue weighted by molar-refractivity contribution is 7.99. The van der Waals surface area contributed by atoms with E-state index in [-0.39, 0.29) is 0 Å². The van der Waals surface area contributed by atoms with Crippen LogP contribution in [0.25, 0.3) is 0 Å². The molecule has 3 aromatic carbocycles. The fourth-order valence-corrected chi connectivity index (χ4v) is 4.45. The highest BCUT2D eigenvalue weighted by Gasteiger charge is 2.12. The number of benzene rings is 3. The Labute approximate surface area is 165 Å². The predicted octanol–water partition coefficient (Wildman–Crippen LogP) is 4.98. The summed E-state index contributed by atoms with van der Waals surface area (Å²) in [6, 6.07) is 23.6. The maximum absolute atomic E-state index is 12.3. The molecule has 0 aliphatic carbocycles. The first-order chi connectivity index (χ1) is 12.9. The smallest absolute Gasteiger partial charge is 0.211 e. The second-order valence-corrected chi connectivity index (χ2v) is 9.43. The Morgan fingerprint density at radius 3 is 1.78 bits per heavy atom. The van der Waals surface area contributed by atoms with E-state index in [1.807, 2.05) is 6.92 Å². The molecule has 0 fully saturated rings. The molecule has 0 amide bonds. The Hall–Kier alpha value is -2.08. The first-order valence-corrected chi connectivity index (χ1v) is 11.1. The number of hydrogen-bond donors (Lipinski definition) is 1. The molecule has 0 atom stereocenters. The van der Waals surface area contributed by atoms with Gasteiger partial charge in [0.05, 0.1) is 4.90 Å². The van der Waals surface area contributed by atoms with Gasteiger partial charge in [-0.25, -0.2) is 13.1 Å². The molecule has 0 bridgehead atoms. The number of nitrogens with one attached hydrogen (secondary N) is 1. The van der Waals surface area contributed by atoms with Gasteiger partial charge in [-0.1, -0.05) is 59.3 Å². The fourth-order valence-electron chi connectivity index (χ4n) is 2.60. The van der Waals surface area contributed by atoms with Gasteiger partial charge < -0.3 is 0 Å². The van der Waals surface area contributed by atoms with E-state index in [2.05, 4.69) is 60.2 Å². The maximum Gasteiger partial charge on any atom is 0.240 e. The fraction of sp³-hybridized carbons (Fsp3) is 0.182. The molecule has 0 aromatic heterocycles. The molecule has 5 heteroatoms. The lowest BCUT2D eigenvalue weighted by Crippen LogP contribution is -2.25. The zero-order chi connectivity index (χ0) is 19.3. The van der Waals surface area contributed by atoms with E-state index < -0.39 is 10.0 Å². The van der Waals surface area contributed by atoms with E-state index in [1.54, 1.807) is 36.0 Å². The lowest BCUT2D eigenvalue weighted by atomic mass is 10.2. The molecule has 3 aromatic rings. The minimum atomic E-state index is -3.45. The molecule has 140 valence electrons. The average Bonchev–Trinajstić information content (AvgIpc) is 2.65. The van der Waals surface area contributed by atoms with Crippen LogP contribution in [-0.4, -0.2) is 15.0 Å². The van der Waals surface area contributed by atoms with E-state index in [0.717, 1.165) is 11.1 Å². The molecule has 0 aliphatic heterocycles. The van der Waals surface area contributed by atoms with Gasteiger partial charge in [-0.3, -0.25) is 0 Å². The van der Waals surface area contributed by atoms with Crippen molar-refractivity contribution in [1.29, 1.82) is 0 Å². The maximum atomic E-state index is 12.3. The predicted molar refractivity (Wildman–Crippen MR) is 112 cm³/mol. The zero-order valence-electron chi connectivity index (χ0n) is 15.5. The van der Waals surface area contributed by atoms with Crippen LogP contribution in [0.3, 0.4) is 0 Å². The molecular formula is C22H23NO2S2. The summed E-state index contributed by atoms with van der Waals surface area (Å²) in [4.78, 5) is 2.68. The van der Waals surface area contributed by atoms with Crippen molar-refractivity contribution in [3.63, 3.8) is 0 Å². The topological polar surface area (TPSA) is 46.2 Å². The zero-order valence-corrected chi connectivity index (χ0v) is 17.1. The van der Waals surface area contributed by atoms with E-state index in [9.17, 15) is 8.42 Å². The second-order valence-electron chi connectivity index (χ2n) is 6.52. The summed E-state index contributed by atoms with van der Waals surface area (Å²) in [6.07, 6.45) is 0.653. The third-order valence-electron chi connectivity index (χ3n) is 4.22. The standard InChI is InChI=1S/C22H23NO2S2/c1-17-3-9-20(10-4-17)26-21-11-7-19(8-12-21)15-16-23-27(24,25)22-13-5-18(2)6-14-22/h3-14,23H,15-16H2,1-2H3. The van der Waals surface area contributed by atoms with Gasteiger partial charge in [-0.05, 0) is 62.2 Å². The van der Waals surface area contributed by atoms with Crippen LogP contribution in [0.5, 0.6) is 0 Å². The molecule has 3 nitrogen and oxygen atoms in total. The molecule has 3 rings (SSSR count). The molecule has 0 unspecified atom stereocenters.